The van der Waals surface area contributed by atoms with E-state index in [1.165, 1.54) is 18.5 Å². The molecule has 1 aromatic carbocycles. The van der Waals surface area contributed by atoms with Gasteiger partial charge >= 0.3 is 0 Å². The second-order valence-corrected chi connectivity index (χ2v) is 4.31. The number of benzene rings is 1. The van der Waals surface area contributed by atoms with E-state index in [0.717, 1.165) is 18.2 Å². The van der Waals surface area contributed by atoms with Crippen LogP contribution in [0.5, 0.6) is 0 Å². The standard InChI is InChI=1S/C11H14N2/c12-10-3-1-8(2-4-10)11-5-9(11)6-13-7-11/h1-4,9,13H,5-7,12H2. The molecular weight excluding hydrogens is 160 g/mol. The summed E-state index contributed by atoms with van der Waals surface area (Å²) in [5.41, 5.74) is 8.48. The highest BCUT2D eigenvalue weighted by atomic mass is 15.0. The minimum atomic E-state index is 0.480. The summed E-state index contributed by atoms with van der Waals surface area (Å²) in [6, 6.07) is 8.39. The summed E-state index contributed by atoms with van der Waals surface area (Å²) in [7, 11) is 0. The number of hydrogen-bond donors (Lipinski definition) is 2. The molecule has 2 heteroatoms. The predicted octanol–water partition coefficient (Wildman–Crippen LogP) is 1.13. The van der Waals surface area contributed by atoms with Crippen LogP contribution in [0.15, 0.2) is 24.3 Å². The molecule has 2 fully saturated rings. The molecule has 1 aliphatic heterocycles. The Hall–Kier alpha value is -1.02. The molecule has 2 nitrogen and oxygen atoms in total. The Balaban J connectivity index is 1.97. The van der Waals surface area contributed by atoms with Crippen molar-refractivity contribution in [1.29, 1.82) is 0 Å². The van der Waals surface area contributed by atoms with Crippen molar-refractivity contribution in [2.45, 2.75) is 11.8 Å². The van der Waals surface area contributed by atoms with Crippen LogP contribution in [0.1, 0.15) is 12.0 Å². The normalized spacial score (nSPS) is 35.8. The Morgan fingerprint density at radius 2 is 2.08 bits per heavy atom. The van der Waals surface area contributed by atoms with Gasteiger partial charge in [-0.2, -0.15) is 0 Å². The van der Waals surface area contributed by atoms with Crippen LogP contribution in [0.4, 0.5) is 5.69 Å². The SMILES string of the molecule is Nc1ccc(C23CNCC2C3)cc1. The van der Waals surface area contributed by atoms with Gasteiger partial charge in [-0.05, 0) is 36.6 Å². The summed E-state index contributed by atoms with van der Waals surface area (Å²) in [6.07, 6.45) is 1.36. The monoisotopic (exact) mass is 174 g/mol. The highest BCUT2D eigenvalue weighted by Crippen LogP contribution is 2.56. The van der Waals surface area contributed by atoms with Gasteiger partial charge in [0.25, 0.3) is 0 Å². The Labute approximate surface area is 78.1 Å². The van der Waals surface area contributed by atoms with Gasteiger partial charge in [-0.3, -0.25) is 0 Å². The first kappa shape index (κ1) is 7.39. The number of rotatable bonds is 1. The van der Waals surface area contributed by atoms with Gasteiger partial charge in [0.1, 0.15) is 0 Å². The second kappa shape index (κ2) is 2.26. The molecule has 2 aliphatic rings. The Kier molecular flexibility index (Phi) is 1.29. The summed E-state index contributed by atoms with van der Waals surface area (Å²) < 4.78 is 0. The fraction of sp³-hybridized carbons (Fsp3) is 0.455. The van der Waals surface area contributed by atoms with Crippen LogP contribution in [0, 0.1) is 5.92 Å². The van der Waals surface area contributed by atoms with Crippen molar-refractivity contribution in [1.82, 2.24) is 5.32 Å². The van der Waals surface area contributed by atoms with Crippen LogP contribution in [0.3, 0.4) is 0 Å². The predicted molar refractivity (Wildman–Crippen MR) is 53.5 cm³/mol. The molecule has 0 bridgehead atoms. The van der Waals surface area contributed by atoms with E-state index in [9.17, 15) is 0 Å². The number of nitrogens with one attached hydrogen (secondary N) is 1. The summed E-state index contributed by atoms with van der Waals surface area (Å²) in [4.78, 5) is 0. The van der Waals surface area contributed by atoms with Crippen LogP contribution in [0.25, 0.3) is 0 Å². The van der Waals surface area contributed by atoms with Crippen molar-refractivity contribution < 1.29 is 0 Å². The van der Waals surface area contributed by atoms with Gasteiger partial charge in [-0.25, -0.2) is 0 Å². The number of nitrogens with two attached hydrogens (primary N) is 1. The Bertz CT molecular complexity index is 330. The van der Waals surface area contributed by atoms with Crippen LogP contribution < -0.4 is 11.1 Å². The van der Waals surface area contributed by atoms with E-state index in [2.05, 4.69) is 17.4 Å². The summed E-state index contributed by atoms with van der Waals surface area (Å²) in [6.45, 7) is 2.35. The maximum absolute atomic E-state index is 5.67. The lowest BCUT2D eigenvalue weighted by Crippen LogP contribution is -2.19. The van der Waals surface area contributed by atoms with E-state index in [1.807, 2.05) is 12.1 Å². The molecule has 1 saturated carbocycles. The number of fused-ring (bicyclic) bond motifs is 1. The van der Waals surface area contributed by atoms with Gasteiger partial charge in [0.15, 0.2) is 0 Å². The fourth-order valence-electron chi connectivity index (χ4n) is 2.60. The fourth-order valence-corrected chi connectivity index (χ4v) is 2.60. The van der Waals surface area contributed by atoms with E-state index < -0.39 is 0 Å². The molecule has 0 spiro atoms. The van der Waals surface area contributed by atoms with Gasteiger partial charge in [0.2, 0.25) is 0 Å². The highest BCUT2D eigenvalue weighted by Gasteiger charge is 2.57. The molecule has 2 atom stereocenters. The summed E-state index contributed by atoms with van der Waals surface area (Å²) in [5.74, 6) is 0.885. The third-order valence-corrected chi connectivity index (χ3v) is 3.55. The minimum Gasteiger partial charge on any atom is -0.399 e. The zero-order chi connectivity index (χ0) is 8.89. The average molecular weight is 174 g/mol. The molecule has 3 rings (SSSR count). The molecule has 0 amide bonds. The zero-order valence-corrected chi connectivity index (χ0v) is 7.59. The van der Waals surface area contributed by atoms with E-state index in [0.29, 0.717) is 5.41 Å². The lowest BCUT2D eigenvalue weighted by atomic mass is 9.95. The molecule has 1 aromatic rings. The van der Waals surface area contributed by atoms with Gasteiger partial charge in [0, 0.05) is 17.6 Å². The van der Waals surface area contributed by atoms with Crippen molar-refractivity contribution in [2.75, 3.05) is 18.8 Å². The maximum atomic E-state index is 5.67. The zero-order valence-electron chi connectivity index (χ0n) is 7.59. The van der Waals surface area contributed by atoms with E-state index in [1.54, 1.807) is 0 Å². The Morgan fingerprint density at radius 3 is 2.62 bits per heavy atom. The third kappa shape index (κ3) is 0.923. The number of anilines is 1. The molecular formula is C11H14N2. The topological polar surface area (TPSA) is 38.0 Å². The van der Waals surface area contributed by atoms with Crippen LogP contribution >= 0.6 is 0 Å². The molecule has 1 saturated heterocycles. The largest absolute Gasteiger partial charge is 0.399 e. The van der Waals surface area contributed by atoms with Gasteiger partial charge in [-0.1, -0.05) is 12.1 Å². The van der Waals surface area contributed by atoms with Crippen molar-refractivity contribution >= 4 is 5.69 Å². The first-order chi connectivity index (χ1) is 6.31. The van der Waals surface area contributed by atoms with Gasteiger partial charge in [0.05, 0.1) is 0 Å². The average Bonchev–Trinajstić information content (AvgIpc) is 2.71. The number of piperidine rings is 1. The van der Waals surface area contributed by atoms with Crippen LogP contribution in [0.2, 0.25) is 0 Å². The van der Waals surface area contributed by atoms with Crippen molar-refractivity contribution in [3.05, 3.63) is 29.8 Å². The van der Waals surface area contributed by atoms with Crippen molar-refractivity contribution in [3.8, 4) is 0 Å². The molecule has 0 aromatic heterocycles. The number of nitrogen functional groups attached to an aromatic ring is 1. The summed E-state index contributed by atoms with van der Waals surface area (Å²) in [5, 5.41) is 3.44. The van der Waals surface area contributed by atoms with Crippen LogP contribution in [-0.2, 0) is 5.41 Å². The van der Waals surface area contributed by atoms with Crippen molar-refractivity contribution in [2.24, 2.45) is 5.92 Å². The maximum Gasteiger partial charge on any atom is 0.0314 e. The molecule has 68 valence electrons. The first-order valence-corrected chi connectivity index (χ1v) is 4.88. The third-order valence-electron chi connectivity index (χ3n) is 3.55. The number of hydrogen-bond acceptors (Lipinski definition) is 2. The second-order valence-electron chi connectivity index (χ2n) is 4.31. The molecule has 0 radical (unpaired) electrons. The van der Waals surface area contributed by atoms with E-state index in [4.69, 9.17) is 5.73 Å². The molecule has 1 heterocycles. The highest BCUT2D eigenvalue weighted by molar-refractivity contribution is 5.45. The molecule has 2 unspecified atom stereocenters. The first-order valence-electron chi connectivity index (χ1n) is 4.88. The molecule has 13 heavy (non-hydrogen) atoms. The quantitative estimate of drug-likeness (QED) is 0.626. The molecule has 1 aliphatic carbocycles. The van der Waals surface area contributed by atoms with E-state index >= 15 is 0 Å². The van der Waals surface area contributed by atoms with Gasteiger partial charge in [-0.15, -0.1) is 0 Å². The minimum absolute atomic E-state index is 0.480. The van der Waals surface area contributed by atoms with E-state index in [-0.39, 0.29) is 0 Å². The molecule has 3 N–H and O–H groups in total. The van der Waals surface area contributed by atoms with Crippen molar-refractivity contribution in [3.63, 3.8) is 0 Å². The lowest BCUT2D eigenvalue weighted by molar-refractivity contribution is 0.676. The smallest absolute Gasteiger partial charge is 0.0314 e. The van der Waals surface area contributed by atoms with Crippen LogP contribution in [-0.4, -0.2) is 13.1 Å². The lowest BCUT2D eigenvalue weighted by Gasteiger charge is -2.11. The summed E-state index contributed by atoms with van der Waals surface area (Å²) >= 11 is 0. The Morgan fingerprint density at radius 1 is 1.31 bits per heavy atom. The van der Waals surface area contributed by atoms with Gasteiger partial charge < -0.3 is 11.1 Å².